The Morgan fingerprint density at radius 3 is 2.05 bits per heavy atom. The molecule has 1 heterocycles. The molecular weight excluding hydrogens is 305 g/mol. The van der Waals surface area contributed by atoms with Crippen LogP contribution in [0.25, 0.3) is 0 Å². The fourth-order valence-electron chi connectivity index (χ4n) is 2.46. The van der Waals surface area contributed by atoms with Crippen molar-refractivity contribution in [3.8, 4) is 0 Å². The summed E-state index contributed by atoms with van der Waals surface area (Å²) in [4.78, 5) is 13.9. The lowest BCUT2D eigenvalue weighted by atomic mass is 10.1. The fraction of sp³-hybridized carbons (Fsp3) is 0.933. The van der Waals surface area contributed by atoms with Crippen LogP contribution in [0.3, 0.4) is 0 Å². The number of hydrogen-bond acceptors (Lipinski definition) is 5. The van der Waals surface area contributed by atoms with E-state index in [0.29, 0.717) is 5.92 Å². The predicted octanol–water partition coefficient (Wildman–Crippen LogP) is 4.24. The first-order chi connectivity index (χ1) is 10.1. The lowest BCUT2D eigenvalue weighted by Gasteiger charge is -2.21. The number of hydrogen-bond donors (Lipinski definition) is 0. The number of ether oxygens (including phenoxy) is 1. The molecule has 1 saturated heterocycles. The summed E-state index contributed by atoms with van der Waals surface area (Å²) >= 11 is 0. The van der Waals surface area contributed by atoms with E-state index in [1.165, 1.54) is 4.90 Å². The van der Waals surface area contributed by atoms with Gasteiger partial charge in [-0.25, -0.2) is 4.79 Å². The Morgan fingerprint density at radius 1 is 1.18 bits per heavy atom. The fourth-order valence-corrected chi connectivity index (χ4v) is 4.74. The molecule has 6 nitrogen and oxygen atoms in total. The molecule has 0 radical (unpaired) electrons. The molecule has 1 fully saturated rings. The zero-order chi connectivity index (χ0) is 17.1. The van der Waals surface area contributed by atoms with Gasteiger partial charge >= 0.3 is 13.7 Å². The van der Waals surface area contributed by atoms with Crippen LogP contribution in [-0.2, 0) is 18.3 Å². The van der Waals surface area contributed by atoms with Crippen molar-refractivity contribution in [3.63, 3.8) is 0 Å². The molecule has 0 bridgehead atoms. The van der Waals surface area contributed by atoms with E-state index in [-0.39, 0.29) is 19.3 Å². The van der Waals surface area contributed by atoms with Crippen LogP contribution in [0, 0.1) is 5.92 Å². The van der Waals surface area contributed by atoms with Gasteiger partial charge in [0.05, 0.1) is 19.3 Å². The molecule has 0 saturated carbocycles. The highest BCUT2D eigenvalue weighted by atomic mass is 31.2. The summed E-state index contributed by atoms with van der Waals surface area (Å²) in [6, 6.07) is -0.154. The van der Waals surface area contributed by atoms with Crippen LogP contribution in [0.2, 0.25) is 0 Å². The van der Waals surface area contributed by atoms with Gasteiger partial charge in [0.1, 0.15) is 5.60 Å². The molecule has 0 aromatic heterocycles. The summed E-state index contributed by atoms with van der Waals surface area (Å²) in [5.74, 6) is -0.165. The summed E-state index contributed by atoms with van der Waals surface area (Å²) in [7, 11) is -3.34. The van der Waals surface area contributed by atoms with Gasteiger partial charge in [-0.3, -0.25) is 9.46 Å². The van der Waals surface area contributed by atoms with Crippen molar-refractivity contribution in [1.29, 1.82) is 0 Å². The highest BCUT2D eigenvalue weighted by molar-refractivity contribution is 7.55. The van der Waals surface area contributed by atoms with E-state index in [2.05, 4.69) is 13.8 Å². The van der Waals surface area contributed by atoms with Crippen molar-refractivity contribution in [2.24, 2.45) is 5.92 Å². The molecule has 1 amide bonds. The number of carbonyl (C=O) groups is 1. The molecule has 22 heavy (non-hydrogen) atoms. The zero-order valence-corrected chi connectivity index (χ0v) is 15.7. The van der Waals surface area contributed by atoms with E-state index in [4.69, 9.17) is 13.8 Å². The first-order valence-corrected chi connectivity index (χ1v) is 9.57. The summed E-state index contributed by atoms with van der Waals surface area (Å²) in [6.07, 6.45) is 0.288. The van der Waals surface area contributed by atoms with Gasteiger partial charge in [0.15, 0.2) is 5.78 Å². The van der Waals surface area contributed by atoms with Crippen molar-refractivity contribution in [3.05, 3.63) is 0 Å². The molecule has 130 valence electrons. The van der Waals surface area contributed by atoms with Crippen molar-refractivity contribution in [1.82, 2.24) is 4.90 Å². The molecule has 2 atom stereocenters. The van der Waals surface area contributed by atoms with Gasteiger partial charge in [0, 0.05) is 0 Å². The third-order valence-corrected chi connectivity index (χ3v) is 5.63. The topological polar surface area (TPSA) is 64.8 Å². The van der Waals surface area contributed by atoms with Crippen LogP contribution in [0.4, 0.5) is 4.79 Å². The van der Waals surface area contributed by atoms with Crippen LogP contribution in [0.15, 0.2) is 0 Å². The van der Waals surface area contributed by atoms with Crippen molar-refractivity contribution >= 4 is 13.7 Å². The average Bonchev–Trinajstić information content (AvgIpc) is 3.01. The van der Waals surface area contributed by atoms with E-state index < -0.39 is 25.1 Å². The third-order valence-electron chi connectivity index (χ3n) is 3.16. The molecular formula is C15H30NO5P. The van der Waals surface area contributed by atoms with Crippen LogP contribution < -0.4 is 0 Å². The minimum absolute atomic E-state index is 0.154. The highest BCUT2D eigenvalue weighted by Gasteiger charge is 2.63. The standard InChI is InChI=1S/C15H30NO5P/c1-8-19-22(18,20-9-2)13-12(10-11(3)4)16(13)14(17)21-15(5,6)7/h11-13H,8-10H2,1-7H3/t12-,13+,16?/m0/s1. The number of rotatable bonds is 7. The smallest absolute Gasteiger partial charge is 0.411 e. The Kier molecular flexibility index (Phi) is 6.48. The number of amides is 1. The third kappa shape index (κ3) is 4.97. The second kappa shape index (κ2) is 7.33. The zero-order valence-electron chi connectivity index (χ0n) is 14.8. The Hall–Kier alpha value is -0.580. The van der Waals surface area contributed by atoms with Gasteiger partial charge in [-0.05, 0) is 47.0 Å². The monoisotopic (exact) mass is 335 g/mol. The maximum absolute atomic E-state index is 13.0. The van der Waals surface area contributed by atoms with Crippen LogP contribution in [0.1, 0.15) is 54.9 Å². The normalized spacial score (nSPS) is 22.1. The second-order valence-electron chi connectivity index (χ2n) is 6.87. The van der Waals surface area contributed by atoms with E-state index in [9.17, 15) is 9.36 Å². The maximum Gasteiger partial charge on any atom is 0.411 e. The van der Waals surface area contributed by atoms with Crippen molar-refractivity contribution in [2.75, 3.05) is 13.2 Å². The SMILES string of the molecule is CCOP(=O)(OCC)[C@@H]1[C@H](CC(C)C)N1C(=O)OC(C)(C)C. The average molecular weight is 335 g/mol. The lowest BCUT2D eigenvalue weighted by molar-refractivity contribution is 0.0393. The van der Waals surface area contributed by atoms with Crippen LogP contribution in [0.5, 0.6) is 0 Å². The van der Waals surface area contributed by atoms with Crippen molar-refractivity contribution < 1.29 is 23.1 Å². The highest BCUT2D eigenvalue weighted by Crippen LogP contribution is 2.64. The van der Waals surface area contributed by atoms with Gasteiger partial charge in [-0.2, -0.15) is 0 Å². The quantitative estimate of drug-likeness (QED) is 0.514. The summed E-state index contributed by atoms with van der Waals surface area (Å²) in [5, 5.41) is 0. The van der Waals surface area contributed by atoms with Gasteiger partial charge in [-0.1, -0.05) is 13.8 Å². The lowest BCUT2D eigenvalue weighted by Crippen LogP contribution is -2.28. The molecule has 0 N–H and O–H groups in total. The maximum atomic E-state index is 13.0. The molecule has 1 rings (SSSR count). The molecule has 0 aromatic rings. The summed E-state index contributed by atoms with van der Waals surface area (Å²) in [6.45, 7) is 13.7. The number of carbonyl (C=O) groups excluding carboxylic acids is 1. The molecule has 0 aliphatic carbocycles. The molecule has 0 aromatic carbocycles. The van der Waals surface area contributed by atoms with Gasteiger partial charge < -0.3 is 13.8 Å². The van der Waals surface area contributed by atoms with E-state index in [0.717, 1.165) is 6.42 Å². The van der Waals surface area contributed by atoms with E-state index >= 15 is 0 Å². The number of nitrogens with zero attached hydrogens (tertiary/aromatic N) is 1. The van der Waals surface area contributed by atoms with Crippen LogP contribution >= 0.6 is 7.60 Å². The Labute approximate surface area is 134 Å². The molecule has 0 spiro atoms. The van der Waals surface area contributed by atoms with E-state index in [1.54, 1.807) is 13.8 Å². The Balaban J connectivity index is 2.94. The molecule has 1 aliphatic heterocycles. The Bertz CT molecular complexity index is 422. The predicted molar refractivity (Wildman–Crippen MR) is 86.0 cm³/mol. The van der Waals surface area contributed by atoms with Crippen molar-refractivity contribution in [2.45, 2.75) is 72.3 Å². The van der Waals surface area contributed by atoms with Crippen LogP contribution in [-0.4, -0.2) is 41.6 Å². The van der Waals surface area contributed by atoms with Gasteiger partial charge in [0.2, 0.25) is 0 Å². The molecule has 7 heteroatoms. The first-order valence-electron chi connectivity index (χ1n) is 7.95. The molecule has 1 aliphatic rings. The minimum Gasteiger partial charge on any atom is -0.444 e. The molecule has 0 unspecified atom stereocenters. The first kappa shape index (κ1) is 19.5. The summed E-state index contributed by atoms with van der Waals surface area (Å²) in [5.41, 5.74) is -0.589. The largest absolute Gasteiger partial charge is 0.444 e. The van der Waals surface area contributed by atoms with Gasteiger partial charge in [-0.15, -0.1) is 0 Å². The summed E-state index contributed by atoms with van der Waals surface area (Å²) < 4.78 is 29.2. The van der Waals surface area contributed by atoms with E-state index in [1.807, 2.05) is 20.8 Å². The van der Waals surface area contributed by atoms with Gasteiger partial charge in [0.25, 0.3) is 0 Å². The Morgan fingerprint density at radius 2 is 1.68 bits per heavy atom. The minimum atomic E-state index is -3.34. The second-order valence-corrected chi connectivity index (χ2v) is 9.00.